The van der Waals surface area contributed by atoms with Crippen molar-refractivity contribution in [3.05, 3.63) is 63.3 Å². The number of halogens is 2. The Kier molecular flexibility index (Phi) is 4.10. The summed E-state index contributed by atoms with van der Waals surface area (Å²) in [5.41, 5.74) is 2.17. The Morgan fingerprint density at radius 3 is 2.62 bits per heavy atom. The van der Waals surface area contributed by atoms with Gasteiger partial charge in [-0.3, -0.25) is 0 Å². The predicted molar refractivity (Wildman–Crippen MR) is 88.3 cm³/mol. The lowest BCUT2D eigenvalue weighted by atomic mass is 9.67. The lowest BCUT2D eigenvalue weighted by Crippen LogP contribution is -2.36. The molecule has 0 amide bonds. The van der Waals surface area contributed by atoms with E-state index in [1.807, 2.05) is 24.3 Å². The zero-order valence-corrected chi connectivity index (χ0v) is 13.3. The van der Waals surface area contributed by atoms with Gasteiger partial charge in [-0.25, -0.2) is 4.74 Å². The van der Waals surface area contributed by atoms with Crippen molar-refractivity contribution in [3.8, 4) is 0 Å². The summed E-state index contributed by atoms with van der Waals surface area (Å²) < 4.78 is 1.03. The molecule has 0 spiro atoms. The minimum atomic E-state index is 0.186. The standard InChI is InChI=1S/C17H17Cl2NO/c1-20(21)17-9-7-12(13-4-2-3-5-14(13)17)11-6-8-15(18)16(19)10-11/h2-6,8,10,12-14H,7,9H2,1H3. The van der Waals surface area contributed by atoms with Gasteiger partial charge < -0.3 is 5.21 Å². The first-order valence-corrected chi connectivity index (χ1v) is 7.90. The summed E-state index contributed by atoms with van der Waals surface area (Å²) in [6.45, 7) is 0. The molecule has 3 atom stereocenters. The van der Waals surface area contributed by atoms with Gasteiger partial charge >= 0.3 is 0 Å². The summed E-state index contributed by atoms with van der Waals surface area (Å²) in [6, 6.07) is 5.87. The first-order valence-electron chi connectivity index (χ1n) is 7.14. The van der Waals surface area contributed by atoms with Gasteiger partial charge in [0.2, 0.25) is 0 Å². The molecule has 0 radical (unpaired) electrons. The molecule has 1 aromatic rings. The van der Waals surface area contributed by atoms with Crippen LogP contribution >= 0.6 is 23.2 Å². The minimum Gasteiger partial charge on any atom is -0.624 e. The molecule has 0 heterocycles. The fourth-order valence-electron chi connectivity index (χ4n) is 3.50. The maximum atomic E-state index is 11.8. The van der Waals surface area contributed by atoms with Crippen molar-refractivity contribution < 1.29 is 4.74 Å². The van der Waals surface area contributed by atoms with Crippen LogP contribution in [0.4, 0.5) is 0 Å². The van der Waals surface area contributed by atoms with Gasteiger partial charge in [-0.2, -0.15) is 0 Å². The van der Waals surface area contributed by atoms with Crippen molar-refractivity contribution >= 4 is 28.9 Å². The molecule has 3 rings (SSSR count). The summed E-state index contributed by atoms with van der Waals surface area (Å²) in [4.78, 5) is 0. The Balaban J connectivity index is 1.98. The average Bonchev–Trinajstić information content (AvgIpc) is 2.49. The molecule has 1 aromatic carbocycles. The molecule has 2 aliphatic carbocycles. The molecule has 0 N–H and O–H groups in total. The highest BCUT2D eigenvalue weighted by Gasteiger charge is 2.39. The molecule has 110 valence electrons. The van der Waals surface area contributed by atoms with E-state index in [2.05, 4.69) is 18.2 Å². The van der Waals surface area contributed by atoms with Gasteiger partial charge in [0.05, 0.1) is 16.0 Å². The minimum absolute atomic E-state index is 0.186. The van der Waals surface area contributed by atoms with Gasteiger partial charge in [-0.15, -0.1) is 0 Å². The van der Waals surface area contributed by atoms with E-state index in [9.17, 15) is 5.21 Å². The van der Waals surface area contributed by atoms with E-state index in [0.29, 0.717) is 21.9 Å². The number of allylic oxidation sites excluding steroid dienone is 4. The van der Waals surface area contributed by atoms with Crippen molar-refractivity contribution in [1.29, 1.82) is 0 Å². The number of hydrogen-bond donors (Lipinski definition) is 0. The second kappa shape index (κ2) is 5.86. The molecular formula is C17H17Cl2NO. The average molecular weight is 322 g/mol. The van der Waals surface area contributed by atoms with Crippen molar-refractivity contribution in [1.82, 2.24) is 0 Å². The normalized spacial score (nSPS) is 30.1. The van der Waals surface area contributed by atoms with E-state index in [0.717, 1.165) is 23.3 Å². The second-order valence-electron chi connectivity index (χ2n) is 5.68. The summed E-state index contributed by atoms with van der Waals surface area (Å²) in [5.74, 6) is 0.868. The topological polar surface area (TPSA) is 26.1 Å². The van der Waals surface area contributed by atoms with Crippen LogP contribution in [0.1, 0.15) is 24.3 Å². The van der Waals surface area contributed by atoms with E-state index in [1.165, 1.54) is 5.56 Å². The molecule has 0 aromatic heterocycles. The summed E-state index contributed by atoms with van der Waals surface area (Å²) in [5, 5.41) is 13.0. The smallest absolute Gasteiger partial charge is 0.170 e. The van der Waals surface area contributed by atoms with E-state index >= 15 is 0 Å². The molecule has 2 nitrogen and oxygen atoms in total. The van der Waals surface area contributed by atoms with Gasteiger partial charge in [0.25, 0.3) is 0 Å². The third kappa shape index (κ3) is 2.75. The molecular weight excluding hydrogens is 305 g/mol. The zero-order chi connectivity index (χ0) is 15.0. The van der Waals surface area contributed by atoms with E-state index in [4.69, 9.17) is 23.2 Å². The molecule has 1 saturated carbocycles. The summed E-state index contributed by atoms with van der Waals surface area (Å²) in [7, 11) is 1.60. The second-order valence-corrected chi connectivity index (χ2v) is 6.49. The quantitative estimate of drug-likeness (QED) is 0.414. The SMILES string of the molecule is C[N+]([O-])=C1CCC(c2ccc(Cl)c(Cl)c2)C2C=CC=CC12. The Labute approximate surface area is 135 Å². The van der Waals surface area contributed by atoms with Crippen LogP contribution in [-0.2, 0) is 0 Å². The molecule has 0 aliphatic heterocycles. The fraction of sp³-hybridized carbons (Fsp3) is 0.353. The Bertz CT molecular complexity index is 644. The van der Waals surface area contributed by atoms with Gasteiger partial charge in [-0.1, -0.05) is 53.6 Å². The highest BCUT2D eigenvalue weighted by Crippen LogP contribution is 2.43. The molecule has 3 unspecified atom stereocenters. The Morgan fingerprint density at radius 2 is 1.90 bits per heavy atom. The number of hydrogen-bond acceptors (Lipinski definition) is 1. The van der Waals surface area contributed by atoms with Crippen LogP contribution in [0.3, 0.4) is 0 Å². The van der Waals surface area contributed by atoms with Crippen LogP contribution in [0.15, 0.2) is 42.5 Å². The third-order valence-corrected chi connectivity index (χ3v) is 5.25. The maximum absolute atomic E-state index is 11.8. The third-order valence-electron chi connectivity index (χ3n) is 4.51. The van der Waals surface area contributed by atoms with Crippen LogP contribution in [-0.4, -0.2) is 17.5 Å². The molecule has 21 heavy (non-hydrogen) atoms. The number of nitrogens with zero attached hydrogens (tertiary/aromatic N) is 1. The molecule has 4 heteroatoms. The number of fused-ring (bicyclic) bond motifs is 1. The van der Waals surface area contributed by atoms with Crippen LogP contribution in [0, 0.1) is 17.0 Å². The Morgan fingerprint density at radius 1 is 1.14 bits per heavy atom. The lowest BCUT2D eigenvalue weighted by Gasteiger charge is -2.36. The van der Waals surface area contributed by atoms with Crippen molar-refractivity contribution in [2.45, 2.75) is 18.8 Å². The Hall–Kier alpha value is -1.25. The predicted octanol–water partition coefficient (Wildman–Crippen LogP) is 4.81. The van der Waals surface area contributed by atoms with Gasteiger partial charge in [0.15, 0.2) is 5.71 Å². The van der Waals surface area contributed by atoms with E-state index < -0.39 is 0 Å². The van der Waals surface area contributed by atoms with E-state index in [-0.39, 0.29) is 5.92 Å². The summed E-state index contributed by atoms with van der Waals surface area (Å²) in [6.07, 6.45) is 10.2. The molecule has 0 saturated heterocycles. The lowest BCUT2D eigenvalue weighted by molar-refractivity contribution is -0.427. The fourth-order valence-corrected chi connectivity index (χ4v) is 3.81. The number of rotatable bonds is 1. The monoisotopic (exact) mass is 321 g/mol. The highest BCUT2D eigenvalue weighted by molar-refractivity contribution is 6.42. The zero-order valence-electron chi connectivity index (χ0n) is 11.8. The highest BCUT2D eigenvalue weighted by atomic mass is 35.5. The maximum Gasteiger partial charge on any atom is 0.170 e. The first kappa shape index (κ1) is 14.7. The van der Waals surface area contributed by atoms with E-state index in [1.54, 1.807) is 7.05 Å². The van der Waals surface area contributed by atoms with Gasteiger partial charge in [0, 0.05) is 6.42 Å². The van der Waals surface area contributed by atoms with Crippen molar-refractivity contribution in [3.63, 3.8) is 0 Å². The van der Waals surface area contributed by atoms with Crippen molar-refractivity contribution in [2.24, 2.45) is 11.8 Å². The van der Waals surface area contributed by atoms with Crippen LogP contribution in [0.5, 0.6) is 0 Å². The van der Waals surface area contributed by atoms with Gasteiger partial charge in [-0.05, 0) is 36.0 Å². The van der Waals surface area contributed by atoms with Crippen molar-refractivity contribution in [2.75, 3.05) is 7.05 Å². The first-order chi connectivity index (χ1) is 10.1. The number of benzene rings is 1. The van der Waals surface area contributed by atoms with Crippen LogP contribution in [0.25, 0.3) is 0 Å². The van der Waals surface area contributed by atoms with Crippen LogP contribution < -0.4 is 0 Å². The number of hydroxylamine groups is 1. The largest absolute Gasteiger partial charge is 0.624 e. The van der Waals surface area contributed by atoms with Gasteiger partial charge in [0.1, 0.15) is 7.05 Å². The summed E-state index contributed by atoms with van der Waals surface area (Å²) >= 11 is 12.2. The molecule has 0 bridgehead atoms. The molecule has 2 aliphatic rings. The molecule has 1 fully saturated rings. The van der Waals surface area contributed by atoms with Crippen LogP contribution in [0.2, 0.25) is 10.0 Å².